The van der Waals surface area contributed by atoms with E-state index in [2.05, 4.69) is 16.5 Å². The summed E-state index contributed by atoms with van der Waals surface area (Å²) in [6, 6.07) is 0. The summed E-state index contributed by atoms with van der Waals surface area (Å²) >= 11 is 1.56. The number of aromatic nitrogens is 2. The minimum absolute atomic E-state index is 0.251. The molecule has 4 heteroatoms. The van der Waals surface area contributed by atoms with Gasteiger partial charge in [-0.1, -0.05) is 6.92 Å². The first-order valence-corrected chi connectivity index (χ1v) is 6.18. The Morgan fingerprint density at radius 1 is 1.64 bits per heavy atom. The van der Waals surface area contributed by atoms with Gasteiger partial charge in [0.2, 0.25) is 0 Å². The van der Waals surface area contributed by atoms with E-state index < -0.39 is 0 Å². The van der Waals surface area contributed by atoms with E-state index in [-0.39, 0.29) is 5.78 Å². The number of hydrogen-bond donors (Lipinski definition) is 0. The highest BCUT2D eigenvalue weighted by Crippen LogP contribution is 2.03. The van der Waals surface area contributed by atoms with E-state index in [1.165, 1.54) is 0 Å². The van der Waals surface area contributed by atoms with Crippen LogP contribution in [0.25, 0.3) is 0 Å². The summed E-state index contributed by atoms with van der Waals surface area (Å²) in [6.45, 7) is 3.06. The number of aryl methyl sites for hydroxylation is 1. The average Bonchev–Trinajstić information content (AvgIpc) is 2.54. The third-order valence-corrected chi connectivity index (χ3v) is 2.54. The first kappa shape index (κ1) is 11.3. The Morgan fingerprint density at radius 2 is 2.43 bits per heavy atom. The van der Waals surface area contributed by atoms with Crippen LogP contribution in [0, 0.1) is 0 Å². The Labute approximate surface area is 88.9 Å². The number of Topliss-reactive ketones (excluding diaryl/α,β-unsaturated/α-hetero) is 1. The Morgan fingerprint density at radius 3 is 3.07 bits per heavy atom. The molecule has 1 rings (SSSR count). The Hall–Kier alpha value is -0.770. The van der Waals surface area contributed by atoms with Crippen molar-refractivity contribution in [1.82, 2.24) is 9.55 Å². The van der Waals surface area contributed by atoms with Crippen molar-refractivity contribution in [3.63, 3.8) is 0 Å². The molecule has 0 unspecified atom stereocenters. The molecule has 0 saturated carbocycles. The third kappa shape index (κ3) is 3.18. The number of thioether (sulfide) groups is 1. The minimum Gasteiger partial charge on any atom is -0.335 e. The van der Waals surface area contributed by atoms with Gasteiger partial charge >= 0.3 is 0 Å². The van der Waals surface area contributed by atoms with Gasteiger partial charge in [0.25, 0.3) is 0 Å². The van der Waals surface area contributed by atoms with Crippen LogP contribution in [-0.2, 0) is 17.8 Å². The van der Waals surface area contributed by atoms with Gasteiger partial charge in [-0.3, -0.25) is 4.79 Å². The number of carbonyl (C=O) groups excluding carboxylic acids is 1. The molecule has 1 aromatic heterocycles. The summed E-state index contributed by atoms with van der Waals surface area (Å²) < 4.78 is 2.05. The maximum absolute atomic E-state index is 11.4. The van der Waals surface area contributed by atoms with Gasteiger partial charge in [0.1, 0.15) is 11.6 Å². The Kier molecular flexibility index (Phi) is 4.73. The quantitative estimate of drug-likeness (QED) is 0.721. The van der Waals surface area contributed by atoms with Crippen LogP contribution in [0.2, 0.25) is 0 Å². The van der Waals surface area contributed by atoms with E-state index in [0.717, 1.165) is 18.8 Å². The zero-order valence-electron chi connectivity index (χ0n) is 8.69. The third-order valence-electron chi connectivity index (χ3n) is 1.93. The molecular weight excluding hydrogens is 196 g/mol. The van der Waals surface area contributed by atoms with Crippen LogP contribution in [0.15, 0.2) is 12.4 Å². The van der Waals surface area contributed by atoms with Crippen LogP contribution in [0.1, 0.15) is 19.2 Å². The first-order chi connectivity index (χ1) is 6.77. The second kappa shape index (κ2) is 5.86. The van der Waals surface area contributed by atoms with Crippen LogP contribution in [0.4, 0.5) is 0 Å². The predicted octanol–water partition coefficient (Wildman–Crippen LogP) is 1.77. The molecule has 0 saturated heterocycles. The Balaban J connectivity index is 2.56. The normalized spacial score (nSPS) is 10.4. The lowest BCUT2D eigenvalue weighted by Crippen LogP contribution is -2.11. The van der Waals surface area contributed by atoms with Gasteiger partial charge in [0, 0.05) is 18.9 Å². The van der Waals surface area contributed by atoms with Gasteiger partial charge in [-0.25, -0.2) is 4.98 Å². The monoisotopic (exact) mass is 212 g/mol. The van der Waals surface area contributed by atoms with E-state index in [1.54, 1.807) is 18.0 Å². The summed E-state index contributed by atoms with van der Waals surface area (Å²) in [5, 5.41) is 0. The first-order valence-electron chi connectivity index (χ1n) is 4.78. The molecule has 0 spiro atoms. The molecule has 3 nitrogen and oxygen atoms in total. The molecular formula is C10H16N2OS. The highest BCUT2D eigenvalue weighted by Gasteiger charge is 2.07. The van der Waals surface area contributed by atoms with Crippen molar-refractivity contribution in [2.24, 2.45) is 0 Å². The number of carbonyl (C=O) groups is 1. The molecule has 0 amide bonds. The maximum Gasteiger partial charge on any atom is 0.150 e. The van der Waals surface area contributed by atoms with Gasteiger partial charge in [0.05, 0.1) is 12.2 Å². The largest absolute Gasteiger partial charge is 0.335 e. The second-order valence-electron chi connectivity index (χ2n) is 3.19. The van der Waals surface area contributed by atoms with Gasteiger partial charge in [-0.15, -0.1) is 0 Å². The van der Waals surface area contributed by atoms with Crippen molar-refractivity contribution in [2.45, 2.75) is 26.3 Å². The number of ketones is 1. The molecule has 0 bridgehead atoms. The number of rotatable bonds is 6. The molecule has 0 aliphatic heterocycles. The fraction of sp³-hybridized carbons (Fsp3) is 0.600. The van der Waals surface area contributed by atoms with E-state index in [0.29, 0.717) is 12.2 Å². The molecule has 0 atom stereocenters. The van der Waals surface area contributed by atoms with Crippen molar-refractivity contribution in [3.8, 4) is 0 Å². The summed E-state index contributed by atoms with van der Waals surface area (Å²) in [7, 11) is 0. The van der Waals surface area contributed by atoms with Crippen LogP contribution < -0.4 is 0 Å². The second-order valence-corrected chi connectivity index (χ2v) is 4.05. The zero-order valence-corrected chi connectivity index (χ0v) is 9.51. The molecule has 1 heterocycles. The van der Waals surface area contributed by atoms with Gasteiger partial charge < -0.3 is 4.57 Å². The highest BCUT2D eigenvalue weighted by molar-refractivity contribution is 7.99. The van der Waals surface area contributed by atoms with Crippen molar-refractivity contribution in [2.75, 3.05) is 12.0 Å². The van der Waals surface area contributed by atoms with Crippen molar-refractivity contribution in [1.29, 1.82) is 0 Å². The van der Waals surface area contributed by atoms with E-state index in [4.69, 9.17) is 0 Å². The fourth-order valence-electron chi connectivity index (χ4n) is 1.34. The van der Waals surface area contributed by atoms with Crippen LogP contribution in [-0.4, -0.2) is 27.3 Å². The molecule has 78 valence electrons. The van der Waals surface area contributed by atoms with Crippen molar-refractivity contribution < 1.29 is 4.79 Å². The number of nitrogens with zero attached hydrogens (tertiary/aromatic N) is 2. The summed E-state index contributed by atoms with van der Waals surface area (Å²) in [6.07, 6.45) is 7.17. The average molecular weight is 212 g/mol. The molecule has 0 radical (unpaired) electrons. The molecule has 14 heavy (non-hydrogen) atoms. The predicted molar refractivity (Wildman–Crippen MR) is 59.6 cm³/mol. The van der Waals surface area contributed by atoms with Crippen LogP contribution in [0.3, 0.4) is 0 Å². The lowest BCUT2D eigenvalue weighted by atomic mass is 10.3. The summed E-state index contributed by atoms with van der Waals surface area (Å²) in [4.78, 5) is 15.6. The SMILES string of the molecule is CCCn1ccnc1CC(=O)CSC. The van der Waals surface area contributed by atoms with Crippen LogP contribution in [0.5, 0.6) is 0 Å². The molecule has 0 aromatic carbocycles. The molecule has 1 aromatic rings. The topological polar surface area (TPSA) is 34.9 Å². The lowest BCUT2D eigenvalue weighted by molar-refractivity contribution is -0.116. The van der Waals surface area contributed by atoms with E-state index in [9.17, 15) is 4.79 Å². The van der Waals surface area contributed by atoms with Crippen molar-refractivity contribution in [3.05, 3.63) is 18.2 Å². The zero-order chi connectivity index (χ0) is 10.4. The van der Waals surface area contributed by atoms with Gasteiger partial charge in [-0.05, 0) is 12.7 Å². The summed E-state index contributed by atoms with van der Waals surface area (Å²) in [5.41, 5.74) is 0. The van der Waals surface area contributed by atoms with Gasteiger partial charge in [0.15, 0.2) is 0 Å². The molecule has 0 N–H and O–H groups in total. The highest BCUT2D eigenvalue weighted by atomic mass is 32.2. The van der Waals surface area contributed by atoms with E-state index >= 15 is 0 Å². The number of imidazole rings is 1. The molecule has 0 fully saturated rings. The maximum atomic E-state index is 11.4. The number of hydrogen-bond acceptors (Lipinski definition) is 3. The molecule has 0 aliphatic rings. The standard InChI is InChI=1S/C10H16N2OS/c1-3-5-12-6-4-11-10(12)7-9(13)8-14-2/h4,6H,3,5,7-8H2,1-2H3. The fourth-order valence-corrected chi connectivity index (χ4v) is 1.76. The lowest BCUT2D eigenvalue weighted by Gasteiger charge is -2.04. The van der Waals surface area contributed by atoms with Crippen LogP contribution >= 0.6 is 11.8 Å². The summed E-state index contributed by atoms with van der Waals surface area (Å²) in [5.74, 6) is 1.73. The van der Waals surface area contributed by atoms with Gasteiger partial charge in [-0.2, -0.15) is 11.8 Å². The van der Waals surface area contributed by atoms with Crippen molar-refractivity contribution >= 4 is 17.5 Å². The van der Waals surface area contributed by atoms with E-state index in [1.807, 2.05) is 12.5 Å². The Bertz CT molecular complexity index is 296. The molecule has 0 aliphatic carbocycles. The minimum atomic E-state index is 0.251. The smallest absolute Gasteiger partial charge is 0.150 e.